The van der Waals surface area contributed by atoms with Crippen molar-refractivity contribution in [1.82, 2.24) is 0 Å². The second-order valence-electron chi connectivity index (χ2n) is 4.95. The van der Waals surface area contributed by atoms with Crippen molar-refractivity contribution in [3.05, 3.63) is 82.5 Å². The summed E-state index contributed by atoms with van der Waals surface area (Å²) in [6.45, 7) is 0.198. The largest absolute Gasteiger partial charge is 0.486 e. The number of furan rings is 1. The van der Waals surface area contributed by atoms with Gasteiger partial charge < -0.3 is 14.5 Å². The van der Waals surface area contributed by atoms with E-state index in [0.717, 1.165) is 0 Å². The molecule has 0 fully saturated rings. The molecular weight excluding hydrogens is 377 g/mol. The Morgan fingerprint density at radius 1 is 1.12 bits per heavy atom. The van der Waals surface area contributed by atoms with Crippen LogP contribution in [0.25, 0.3) is 0 Å². The molecule has 24 heavy (non-hydrogen) atoms. The van der Waals surface area contributed by atoms with E-state index in [4.69, 9.17) is 9.15 Å². The maximum Gasteiger partial charge on any atom is 0.291 e. The van der Waals surface area contributed by atoms with Crippen molar-refractivity contribution in [2.45, 2.75) is 6.61 Å². The summed E-state index contributed by atoms with van der Waals surface area (Å²) in [5.41, 5.74) is 0.0849. The van der Waals surface area contributed by atoms with Gasteiger partial charge in [-0.05, 0) is 42.5 Å². The monoisotopic (exact) mass is 389 g/mol. The molecule has 1 amide bonds. The van der Waals surface area contributed by atoms with E-state index in [2.05, 4.69) is 21.2 Å². The molecule has 2 aromatic carbocycles. The van der Waals surface area contributed by atoms with E-state index < -0.39 is 11.7 Å². The first-order chi connectivity index (χ1) is 11.6. The van der Waals surface area contributed by atoms with Gasteiger partial charge in [-0.1, -0.05) is 34.1 Å². The quantitative estimate of drug-likeness (QED) is 0.666. The lowest BCUT2D eigenvalue weighted by molar-refractivity contribution is 0.0992. The van der Waals surface area contributed by atoms with Gasteiger partial charge in [-0.15, -0.1) is 0 Å². The lowest BCUT2D eigenvalue weighted by atomic mass is 10.3. The van der Waals surface area contributed by atoms with Crippen LogP contribution in [0.5, 0.6) is 5.75 Å². The summed E-state index contributed by atoms with van der Waals surface area (Å²) < 4.78 is 25.3. The number of para-hydroxylation sites is 1. The van der Waals surface area contributed by atoms with Gasteiger partial charge in [0.1, 0.15) is 23.9 Å². The maximum absolute atomic E-state index is 13.7. The topological polar surface area (TPSA) is 51.5 Å². The first kappa shape index (κ1) is 16.3. The molecule has 1 aromatic heterocycles. The van der Waals surface area contributed by atoms with Crippen LogP contribution in [-0.2, 0) is 6.61 Å². The van der Waals surface area contributed by atoms with Crippen molar-refractivity contribution in [1.29, 1.82) is 0 Å². The summed E-state index contributed by atoms with van der Waals surface area (Å²) in [4.78, 5) is 12.1. The summed E-state index contributed by atoms with van der Waals surface area (Å²) >= 11 is 3.16. The van der Waals surface area contributed by atoms with Crippen molar-refractivity contribution in [2.75, 3.05) is 5.32 Å². The van der Waals surface area contributed by atoms with E-state index in [1.807, 2.05) is 30.3 Å². The van der Waals surface area contributed by atoms with Crippen molar-refractivity contribution >= 4 is 27.5 Å². The van der Waals surface area contributed by atoms with Crippen molar-refractivity contribution in [3.63, 3.8) is 0 Å². The Kier molecular flexibility index (Phi) is 4.96. The van der Waals surface area contributed by atoms with E-state index in [-0.39, 0.29) is 18.1 Å². The number of amides is 1. The van der Waals surface area contributed by atoms with Gasteiger partial charge in [-0.25, -0.2) is 4.39 Å². The number of carbonyl (C=O) groups is 1. The van der Waals surface area contributed by atoms with E-state index >= 15 is 0 Å². The van der Waals surface area contributed by atoms with Crippen LogP contribution in [0.2, 0.25) is 0 Å². The molecule has 0 unspecified atom stereocenters. The molecule has 0 aliphatic heterocycles. The molecule has 0 atom stereocenters. The van der Waals surface area contributed by atoms with Gasteiger partial charge >= 0.3 is 0 Å². The minimum absolute atomic E-state index is 0.0849. The van der Waals surface area contributed by atoms with E-state index in [1.54, 1.807) is 12.1 Å². The number of halogens is 2. The highest BCUT2D eigenvalue weighted by atomic mass is 79.9. The van der Waals surface area contributed by atoms with Gasteiger partial charge in [0.05, 0.1) is 5.69 Å². The number of benzene rings is 2. The van der Waals surface area contributed by atoms with Gasteiger partial charge in [0.25, 0.3) is 5.91 Å². The molecule has 0 radical (unpaired) electrons. The number of anilines is 1. The minimum atomic E-state index is -0.531. The number of nitrogens with one attached hydrogen (secondary N) is 1. The maximum atomic E-state index is 13.7. The average molecular weight is 390 g/mol. The second kappa shape index (κ2) is 7.31. The highest BCUT2D eigenvalue weighted by Gasteiger charge is 2.14. The standard InChI is InChI=1S/C18H13BrFNO3/c19-12-6-8-16(15(20)10-12)21-18(22)17-9-7-14(24-17)11-23-13-4-2-1-3-5-13/h1-10H,11H2,(H,21,22). The SMILES string of the molecule is O=C(Nc1ccc(Br)cc1F)c1ccc(COc2ccccc2)o1. The Balaban J connectivity index is 1.63. The molecule has 0 saturated heterocycles. The predicted octanol–water partition coefficient (Wildman–Crippen LogP) is 5.01. The van der Waals surface area contributed by atoms with Crippen molar-refractivity contribution in [2.24, 2.45) is 0 Å². The molecule has 4 nitrogen and oxygen atoms in total. The molecule has 6 heteroatoms. The number of ether oxygens (including phenoxy) is 1. The Bertz CT molecular complexity index is 848. The lowest BCUT2D eigenvalue weighted by Crippen LogP contribution is -2.12. The first-order valence-corrected chi connectivity index (χ1v) is 7.94. The van der Waals surface area contributed by atoms with Crippen LogP contribution in [-0.4, -0.2) is 5.91 Å². The fraction of sp³-hybridized carbons (Fsp3) is 0.0556. The normalized spacial score (nSPS) is 10.4. The third-order valence-electron chi connectivity index (χ3n) is 3.19. The second-order valence-corrected chi connectivity index (χ2v) is 5.86. The summed E-state index contributed by atoms with van der Waals surface area (Å²) in [7, 11) is 0. The smallest absolute Gasteiger partial charge is 0.291 e. The highest BCUT2D eigenvalue weighted by molar-refractivity contribution is 9.10. The average Bonchev–Trinajstić information content (AvgIpc) is 3.05. The fourth-order valence-electron chi connectivity index (χ4n) is 2.02. The number of carbonyl (C=O) groups excluding carboxylic acids is 1. The van der Waals surface area contributed by atoms with Gasteiger partial charge in [0, 0.05) is 4.47 Å². The van der Waals surface area contributed by atoms with Gasteiger partial charge in [0.2, 0.25) is 0 Å². The predicted molar refractivity (Wildman–Crippen MR) is 91.5 cm³/mol. The van der Waals surface area contributed by atoms with Crippen molar-refractivity contribution in [3.8, 4) is 5.75 Å². The Morgan fingerprint density at radius 3 is 2.67 bits per heavy atom. The Labute approximate surface area is 146 Å². The van der Waals surface area contributed by atoms with Crippen LogP contribution in [0, 0.1) is 5.82 Å². The van der Waals surface area contributed by atoms with Crippen LogP contribution in [0.1, 0.15) is 16.3 Å². The van der Waals surface area contributed by atoms with E-state index in [9.17, 15) is 9.18 Å². The van der Waals surface area contributed by atoms with Crippen LogP contribution in [0.3, 0.4) is 0 Å². The zero-order valence-electron chi connectivity index (χ0n) is 12.5. The molecule has 122 valence electrons. The highest BCUT2D eigenvalue weighted by Crippen LogP contribution is 2.21. The molecule has 1 N–H and O–H groups in total. The molecule has 0 spiro atoms. The molecule has 0 bridgehead atoms. The van der Waals surface area contributed by atoms with Crippen LogP contribution < -0.4 is 10.1 Å². The van der Waals surface area contributed by atoms with Crippen molar-refractivity contribution < 1.29 is 18.3 Å². The fourth-order valence-corrected chi connectivity index (χ4v) is 2.36. The van der Waals surface area contributed by atoms with Crippen LogP contribution >= 0.6 is 15.9 Å². The van der Waals surface area contributed by atoms with Crippen LogP contribution in [0.4, 0.5) is 10.1 Å². The summed E-state index contributed by atoms with van der Waals surface area (Å²) in [6, 6.07) is 16.8. The van der Waals surface area contributed by atoms with Gasteiger partial charge in [0.15, 0.2) is 5.76 Å². The summed E-state index contributed by atoms with van der Waals surface area (Å²) in [6.07, 6.45) is 0. The molecule has 3 rings (SSSR count). The molecule has 3 aromatic rings. The van der Waals surface area contributed by atoms with Crippen LogP contribution in [0.15, 0.2) is 69.6 Å². The molecule has 0 saturated carbocycles. The molecular formula is C18H13BrFNO3. The third kappa shape index (κ3) is 4.02. The molecule has 0 aliphatic carbocycles. The lowest BCUT2D eigenvalue weighted by Gasteiger charge is -2.05. The van der Waals surface area contributed by atoms with Gasteiger partial charge in [-0.3, -0.25) is 4.79 Å². The third-order valence-corrected chi connectivity index (χ3v) is 3.68. The van der Waals surface area contributed by atoms with E-state index in [0.29, 0.717) is 16.0 Å². The number of rotatable bonds is 5. The minimum Gasteiger partial charge on any atom is -0.486 e. The van der Waals surface area contributed by atoms with Gasteiger partial charge in [-0.2, -0.15) is 0 Å². The summed E-state index contributed by atoms with van der Waals surface area (Å²) in [5.74, 6) is 0.236. The number of hydrogen-bond acceptors (Lipinski definition) is 3. The Morgan fingerprint density at radius 2 is 1.92 bits per heavy atom. The zero-order chi connectivity index (χ0) is 16.9. The van der Waals surface area contributed by atoms with E-state index in [1.165, 1.54) is 18.2 Å². The first-order valence-electron chi connectivity index (χ1n) is 7.15. The zero-order valence-corrected chi connectivity index (χ0v) is 14.0. The summed E-state index contributed by atoms with van der Waals surface area (Å²) in [5, 5.41) is 2.47. The Hall–Kier alpha value is -2.60. The number of hydrogen-bond donors (Lipinski definition) is 1. The molecule has 1 heterocycles. The molecule has 0 aliphatic rings.